The van der Waals surface area contributed by atoms with Crippen molar-refractivity contribution in [3.63, 3.8) is 0 Å². The molecule has 7 heteroatoms. The molecule has 0 saturated heterocycles. The molecule has 1 amide bonds. The van der Waals surface area contributed by atoms with Crippen molar-refractivity contribution in [3.8, 4) is 11.4 Å². The number of aliphatic carboxylic acids is 1. The summed E-state index contributed by atoms with van der Waals surface area (Å²) in [4.78, 5) is 42.3. The Bertz CT molecular complexity index is 784. The monoisotopic (exact) mass is 329 g/mol. The van der Waals surface area contributed by atoms with E-state index in [4.69, 9.17) is 0 Å². The SMILES string of the molecule is CC(C)C[C@@H](NC(=O)c1ccc(-c2ccccn2)[nH]c1=O)C(=O)O. The van der Waals surface area contributed by atoms with Gasteiger partial charge in [0.05, 0.1) is 11.4 Å². The fourth-order valence-corrected chi connectivity index (χ4v) is 2.25. The second kappa shape index (κ2) is 7.54. The number of hydrogen-bond acceptors (Lipinski definition) is 4. The largest absolute Gasteiger partial charge is 0.480 e. The van der Waals surface area contributed by atoms with Crippen LogP contribution in [0.1, 0.15) is 30.6 Å². The fourth-order valence-electron chi connectivity index (χ4n) is 2.25. The van der Waals surface area contributed by atoms with Gasteiger partial charge >= 0.3 is 5.97 Å². The number of amides is 1. The van der Waals surface area contributed by atoms with Gasteiger partial charge in [-0.25, -0.2) is 4.79 Å². The first-order chi connectivity index (χ1) is 11.4. The van der Waals surface area contributed by atoms with E-state index >= 15 is 0 Å². The van der Waals surface area contributed by atoms with Crippen LogP contribution in [0.3, 0.4) is 0 Å². The Morgan fingerprint density at radius 3 is 2.54 bits per heavy atom. The van der Waals surface area contributed by atoms with Gasteiger partial charge in [-0.1, -0.05) is 19.9 Å². The van der Waals surface area contributed by atoms with E-state index in [0.717, 1.165) is 0 Å². The van der Waals surface area contributed by atoms with Gasteiger partial charge in [0.15, 0.2) is 0 Å². The maximum atomic E-state index is 12.2. The molecule has 0 unspecified atom stereocenters. The summed E-state index contributed by atoms with van der Waals surface area (Å²) in [5.41, 5.74) is 0.327. The van der Waals surface area contributed by atoms with Crippen LogP contribution in [0.15, 0.2) is 41.3 Å². The molecule has 2 heterocycles. The quantitative estimate of drug-likeness (QED) is 0.746. The minimum Gasteiger partial charge on any atom is -0.480 e. The number of carboxylic acid groups (broad SMARTS) is 1. The summed E-state index contributed by atoms with van der Waals surface area (Å²) in [6.07, 6.45) is 1.88. The Labute approximate surface area is 138 Å². The Hall–Kier alpha value is -2.96. The van der Waals surface area contributed by atoms with Crippen molar-refractivity contribution in [2.45, 2.75) is 26.3 Å². The highest BCUT2D eigenvalue weighted by atomic mass is 16.4. The molecule has 0 aliphatic heterocycles. The van der Waals surface area contributed by atoms with Gasteiger partial charge in [0.2, 0.25) is 0 Å². The highest BCUT2D eigenvalue weighted by Crippen LogP contribution is 2.12. The van der Waals surface area contributed by atoms with Crippen LogP contribution in [0.2, 0.25) is 0 Å². The molecule has 2 rings (SSSR count). The summed E-state index contributed by atoms with van der Waals surface area (Å²) in [6.45, 7) is 3.72. The molecule has 7 nitrogen and oxygen atoms in total. The number of aromatic nitrogens is 2. The lowest BCUT2D eigenvalue weighted by molar-refractivity contribution is -0.139. The summed E-state index contributed by atoms with van der Waals surface area (Å²) in [7, 11) is 0. The van der Waals surface area contributed by atoms with Crippen LogP contribution < -0.4 is 10.9 Å². The molecule has 2 aromatic heterocycles. The molecule has 0 aliphatic rings. The zero-order chi connectivity index (χ0) is 17.7. The van der Waals surface area contributed by atoms with Crippen LogP contribution in [0.4, 0.5) is 0 Å². The molecule has 0 radical (unpaired) electrons. The zero-order valence-electron chi connectivity index (χ0n) is 13.4. The number of carbonyl (C=O) groups is 2. The summed E-state index contributed by atoms with van der Waals surface area (Å²) in [6, 6.07) is 7.17. The smallest absolute Gasteiger partial charge is 0.326 e. The van der Waals surface area contributed by atoms with Crippen LogP contribution in [0.25, 0.3) is 11.4 Å². The van der Waals surface area contributed by atoms with Gasteiger partial charge in [-0.2, -0.15) is 0 Å². The third kappa shape index (κ3) is 4.28. The topological polar surface area (TPSA) is 112 Å². The second-order valence-corrected chi connectivity index (χ2v) is 5.82. The lowest BCUT2D eigenvalue weighted by Gasteiger charge is -2.16. The third-order valence-electron chi connectivity index (χ3n) is 3.41. The van der Waals surface area contributed by atoms with E-state index in [0.29, 0.717) is 11.4 Å². The molecule has 0 aromatic carbocycles. The van der Waals surface area contributed by atoms with Crippen LogP contribution in [0.5, 0.6) is 0 Å². The standard InChI is InChI=1S/C17H19N3O4/c1-10(2)9-14(17(23)24)20-16(22)11-6-7-13(19-15(11)21)12-5-3-4-8-18-12/h3-8,10,14H,9H2,1-2H3,(H,19,21)(H,20,22)(H,23,24)/t14-/m1/s1. The minimum absolute atomic E-state index is 0.0937. The van der Waals surface area contributed by atoms with Gasteiger partial charge in [0, 0.05) is 6.20 Å². The highest BCUT2D eigenvalue weighted by Gasteiger charge is 2.23. The normalized spacial score (nSPS) is 12.0. The third-order valence-corrected chi connectivity index (χ3v) is 3.41. The number of nitrogens with one attached hydrogen (secondary N) is 2. The van der Waals surface area contributed by atoms with Gasteiger partial charge in [0.25, 0.3) is 11.5 Å². The Balaban J connectivity index is 2.21. The van der Waals surface area contributed by atoms with Gasteiger partial charge in [-0.3, -0.25) is 14.6 Å². The average molecular weight is 329 g/mol. The van der Waals surface area contributed by atoms with Crippen LogP contribution in [-0.4, -0.2) is 33.0 Å². The van der Waals surface area contributed by atoms with Crippen molar-refractivity contribution in [1.82, 2.24) is 15.3 Å². The number of hydrogen-bond donors (Lipinski definition) is 3. The molecular weight excluding hydrogens is 310 g/mol. The second-order valence-electron chi connectivity index (χ2n) is 5.82. The number of carboxylic acids is 1. The summed E-state index contributed by atoms with van der Waals surface area (Å²) in [5.74, 6) is -1.74. The van der Waals surface area contributed by atoms with Gasteiger partial charge in [0.1, 0.15) is 11.6 Å². The number of nitrogens with zero attached hydrogens (tertiary/aromatic N) is 1. The van der Waals surface area contributed by atoms with Crippen LogP contribution in [-0.2, 0) is 4.79 Å². The number of H-pyrrole nitrogens is 1. The Kier molecular flexibility index (Phi) is 5.47. The van der Waals surface area contributed by atoms with Gasteiger partial charge in [-0.05, 0) is 36.6 Å². The first-order valence-electron chi connectivity index (χ1n) is 7.57. The maximum Gasteiger partial charge on any atom is 0.326 e. The molecule has 0 bridgehead atoms. The molecule has 0 spiro atoms. The average Bonchev–Trinajstić information content (AvgIpc) is 2.54. The van der Waals surface area contributed by atoms with Crippen molar-refractivity contribution in [3.05, 3.63) is 52.4 Å². The summed E-state index contributed by atoms with van der Waals surface area (Å²) in [5, 5.41) is 11.6. The summed E-state index contributed by atoms with van der Waals surface area (Å²) < 4.78 is 0. The van der Waals surface area contributed by atoms with Crippen molar-refractivity contribution >= 4 is 11.9 Å². The Morgan fingerprint density at radius 1 is 1.25 bits per heavy atom. The number of rotatable bonds is 6. The molecule has 126 valence electrons. The van der Waals surface area contributed by atoms with E-state index in [9.17, 15) is 19.5 Å². The number of carbonyl (C=O) groups excluding carboxylic acids is 1. The van der Waals surface area contributed by atoms with E-state index in [2.05, 4.69) is 15.3 Å². The highest BCUT2D eigenvalue weighted by molar-refractivity contribution is 5.96. The van der Waals surface area contributed by atoms with E-state index in [1.54, 1.807) is 30.5 Å². The molecule has 1 atom stereocenters. The van der Waals surface area contributed by atoms with Crippen molar-refractivity contribution < 1.29 is 14.7 Å². The van der Waals surface area contributed by atoms with E-state index < -0.39 is 23.5 Å². The maximum absolute atomic E-state index is 12.2. The van der Waals surface area contributed by atoms with Crippen molar-refractivity contribution in [1.29, 1.82) is 0 Å². The van der Waals surface area contributed by atoms with E-state index in [1.165, 1.54) is 6.07 Å². The lowest BCUT2D eigenvalue weighted by atomic mass is 10.0. The predicted molar refractivity (Wildman–Crippen MR) is 88.6 cm³/mol. The minimum atomic E-state index is -1.13. The van der Waals surface area contributed by atoms with Crippen molar-refractivity contribution in [2.75, 3.05) is 0 Å². The number of pyridine rings is 2. The Morgan fingerprint density at radius 2 is 2.00 bits per heavy atom. The van der Waals surface area contributed by atoms with Crippen molar-refractivity contribution in [2.24, 2.45) is 5.92 Å². The molecule has 0 saturated carbocycles. The zero-order valence-corrected chi connectivity index (χ0v) is 13.4. The fraction of sp³-hybridized carbons (Fsp3) is 0.294. The first-order valence-corrected chi connectivity index (χ1v) is 7.57. The molecular formula is C17H19N3O4. The molecule has 2 aromatic rings. The molecule has 3 N–H and O–H groups in total. The van der Waals surface area contributed by atoms with Gasteiger partial charge in [-0.15, -0.1) is 0 Å². The van der Waals surface area contributed by atoms with E-state index in [1.807, 2.05) is 13.8 Å². The summed E-state index contributed by atoms with van der Waals surface area (Å²) >= 11 is 0. The lowest BCUT2D eigenvalue weighted by Crippen LogP contribution is -2.43. The first kappa shape index (κ1) is 17.4. The van der Waals surface area contributed by atoms with Crippen LogP contribution in [0, 0.1) is 5.92 Å². The predicted octanol–water partition coefficient (Wildman–Crippen LogP) is 1.67. The van der Waals surface area contributed by atoms with E-state index in [-0.39, 0.29) is 17.9 Å². The number of aromatic amines is 1. The molecule has 0 fully saturated rings. The van der Waals surface area contributed by atoms with Gasteiger partial charge < -0.3 is 15.4 Å². The van der Waals surface area contributed by atoms with Crippen LogP contribution >= 0.6 is 0 Å². The molecule has 24 heavy (non-hydrogen) atoms. The molecule has 0 aliphatic carbocycles.